The smallest absolute Gasteiger partial charge is 0.306 e. The third-order valence-electron chi connectivity index (χ3n) is 13.3. The van der Waals surface area contributed by atoms with Gasteiger partial charge in [0.05, 0.1) is 63.1 Å². The summed E-state index contributed by atoms with van der Waals surface area (Å²) in [6.07, 6.45) is 4.80. The molecule has 3 fully saturated rings. The molecule has 0 aromatic heterocycles. The number of benzene rings is 3. The lowest BCUT2D eigenvalue weighted by atomic mass is 9.90. The molecule has 0 aliphatic carbocycles. The zero-order valence-corrected chi connectivity index (χ0v) is 37.1. The second-order valence-corrected chi connectivity index (χ2v) is 17.9. The minimum absolute atomic E-state index is 0.00736. The summed E-state index contributed by atoms with van der Waals surface area (Å²) in [5.41, 5.74) is 4.90. The van der Waals surface area contributed by atoms with Gasteiger partial charge in [0.15, 0.2) is 11.6 Å². The van der Waals surface area contributed by atoms with E-state index in [0.717, 1.165) is 53.6 Å². The van der Waals surface area contributed by atoms with Crippen molar-refractivity contribution in [3.05, 3.63) is 95.1 Å². The standard InChI is InChI=1S/C50H63N3O9/c1-31(2)39(29-47(57)61-5)49(59)51-25-7-9-43(51)45(55)27-33-11-15-35(16-12-33)41-23-24-42(53(41)37-19-21-38(54)22-20-37)36-17-13-34(14-18-36)28-46(56)44-10-8-26-52(44)50(60)40(32(3)4)30-48(58)62-6/h11-22,31-32,39-44,54H,7-10,23-30H2,1-6H3/t39-,40-,41+,42+,43-,44-/m0/s1. The Hall–Kier alpha value is -5.52. The van der Waals surface area contributed by atoms with Gasteiger partial charge in [-0.25, -0.2) is 0 Å². The Balaban J connectivity index is 1.13. The largest absolute Gasteiger partial charge is 0.508 e. The summed E-state index contributed by atoms with van der Waals surface area (Å²) < 4.78 is 9.70. The molecule has 2 amide bonds. The van der Waals surface area contributed by atoms with E-state index in [1.54, 1.807) is 21.9 Å². The summed E-state index contributed by atoms with van der Waals surface area (Å²) in [6, 6.07) is 22.5. The van der Waals surface area contributed by atoms with E-state index in [9.17, 15) is 33.9 Å². The van der Waals surface area contributed by atoms with Gasteiger partial charge in [-0.15, -0.1) is 0 Å². The number of amides is 2. The van der Waals surface area contributed by atoms with Gasteiger partial charge in [-0.1, -0.05) is 76.2 Å². The molecule has 332 valence electrons. The Kier molecular flexibility index (Phi) is 15.3. The van der Waals surface area contributed by atoms with Gasteiger partial charge in [0.2, 0.25) is 11.8 Å². The number of hydrogen-bond donors (Lipinski definition) is 1. The highest BCUT2D eigenvalue weighted by atomic mass is 16.5. The van der Waals surface area contributed by atoms with E-state index in [-0.39, 0.29) is 78.7 Å². The van der Waals surface area contributed by atoms with E-state index in [1.165, 1.54) is 14.2 Å². The molecule has 3 aromatic carbocycles. The van der Waals surface area contributed by atoms with Crippen LogP contribution in [0.25, 0.3) is 0 Å². The predicted octanol–water partition coefficient (Wildman–Crippen LogP) is 7.35. The second-order valence-electron chi connectivity index (χ2n) is 17.9. The number of ether oxygens (including phenoxy) is 2. The van der Waals surface area contributed by atoms with Crippen LogP contribution in [-0.4, -0.2) is 89.6 Å². The van der Waals surface area contributed by atoms with Gasteiger partial charge in [-0.3, -0.25) is 28.8 Å². The van der Waals surface area contributed by atoms with Crippen molar-refractivity contribution in [2.75, 3.05) is 32.2 Å². The van der Waals surface area contributed by atoms with Crippen molar-refractivity contribution in [3.8, 4) is 5.75 Å². The van der Waals surface area contributed by atoms with Crippen LogP contribution in [0.15, 0.2) is 72.8 Å². The molecule has 0 spiro atoms. The molecule has 3 aromatic rings. The second kappa shape index (κ2) is 20.6. The van der Waals surface area contributed by atoms with E-state index in [2.05, 4.69) is 29.2 Å². The highest BCUT2D eigenvalue weighted by Crippen LogP contribution is 2.47. The topological polar surface area (TPSA) is 151 Å². The number of esters is 2. The molecule has 0 saturated carbocycles. The molecule has 3 saturated heterocycles. The maximum atomic E-state index is 13.7. The monoisotopic (exact) mass is 849 g/mol. The van der Waals surface area contributed by atoms with Crippen LogP contribution in [0, 0.1) is 23.7 Å². The normalized spacial score (nSPS) is 21.0. The van der Waals surface area contributed by atoms with Crippen LogP contribution in [-0.2, 0) is 51.1 Å². The number of phenols is 1. The molecule has 6 atom stereocenters. The van der Waals surface area contributed by atoms with E-state index >= 15 is 0 Å². The molecule has 6 rings (SSSR count). The number of rotatable bonds is 17. The summed E-state index contributed by atoms with van der Waals surface area (Å²) >= 11 is 0. The third kappa shape index (κ3) is 10.6. The number of phenolic OH excluding ortho intramolecular Hbond substituents is 1. The van der Waals surface area contributed by atoms with Gasteiger partial charge in [0, 0.05) is 31.6 Å². The Bertz CT molecular complexity index is 1940. The lowest BCUT2D eigenvalue weighted by Crippen LogP contribution is -2.45. The van der Waals surface area contributed by atoms with E-state index in [1.807, 2.05) is 64.1 Å². The number of hydrogen-bond acceptors (Lipinski definition) is 10. The number of ketones is 2. The average molecular weight is 850 g/mol. The van der Waals surface area contributed by atoms with Crippen LogP contribution >= 0.6 is 0 Å². The number of carbonyl (C=O) groups excluding carboxylic acids is 6. The molecule has 0 unspecified atom stereocenters. The first kappa shape index (κ1) is 46.0. The van der Waals surface area contributed by atoms with Crippen molar-refractivity contribution >= 4 is 41.0 Å². The fourth-order valence-corrected chi connectivity index (χ4v) is 9.70. The first-order chi connectivity index (χ1) is 29.7. The van der Waals surface area contributed by atoms with Gasteiger partial charge < -0.3 is 29.3 Å². The van der Waals surface area contributed by atoms with Gasteiger partial charge in [-0.2, -0.15) is 0 Å². The van der Waals surface area contributed by atoms with Crippen LogP contribution in [0.5, 0.6) is 5.75 Å². The lowest BCUT2D eigenvalue weighted by molar-refractivity contribution is -0.149. The lowest BCUT2D eigenvalue weighted by Gasteiger charge is -2.33. The Labute approximate surface area is 365 Å². The number of likely N-dealkylation sites (tertiary alicyclic amines) is 2. The first-order valence-corrected chi connectivity index (χ1v) is 22.3. The van der Waals surface area contributed by atoms with E-state index in [4.69, 9.17) is 9.47 Å². The maximum absolute atomic E-state index is 13.7. The SMILES string of the molecule is COC(=O)C[C@H](C(=O)N1CCC[C@H]1C(=O)Cc1ccc([C@H]2CC[C@H](c3ccc(CC(=O)[C@@H]4CCCN4C(=O)[C@@H](CC(=O)OC)C(C)C)cc3)N2c2ccc(O)cc2)cc1)C(C)C. The summed E-state index contributed by atoms with van der Waals surface area (Å²) in [4.78, 5) is 84.6. The van der Waals surface area contributed by atoms with E-state index in [0.29, 0.717) is 25.9 Å². The minimum Gasteiger partial charge on any atom is -0.508 e. The number of Topliss-reactive ketones (excluding diaryl/α,β-unsaturated/α-hetero) is 2. The molecule has 0 bridgehead atoms. The van der Waals surface area contributed by atoms with Gasteiger partial charge in [0.1, 0.15) is 5.75 Å². The number of nitrogens with zero attached hydrogens (tertiary/aromatic N) is 3. The number of aromatic hydroxyl groups is 1. The van der Waals surface area contributed by atoms with Crippen molar-refractivity contribution in [1.82, 2.24) is 9.80 Å². The van der Waals surface area contributed by atoms with Crippen LogP contribution in [0.1, 0.15) is 113 Å². The fraction of sp³-hybridized carbons (Fsp3) is 0.520. The first-order valence-electron chi connectivity index (χ1n) is 22.3. The van der Waals surface area contributed by atoms with Crippen molar-refractivity contribution in [1.29, 1.82) is 0 Å². The summed E-state index contributed by atoms with van der Waals surface area (Å²) in [7, 11) is 2.63. The molecule has 1 N–H and O–H groups in total. The van der Waals surface area contributed by atoms with Gasteiger partial charge in [-0.05, 0) is 96.9 Å². The molecule has 3 aliphatic rings. The number of anilines is 1. The zero-order valence-electron chi connectivity index (χ0n) is 37.1. The number of carbonyl (C=O) groups is 6. The molecule has 12 heteroatoms. The van der Waals surface area contributed by atoms with Crippen LogP contribution < -0.4 is 4.90 Å². The Morgan fingerprint density at radius 3 is 1.32 bits per heavy atom. The highest BCUT2D eigenvalue weighted by Gasteiger charge is 2.41. The quantitative estimate of drug-likeness (QED) is 0.137. The molecular weight excluding hydrogens is 787 g/mol. The molecule has 3 aliphatic heterocycles. The summed E-state index contributed by atoms with van der Waals surface area (Å²) in [5.74, 6) is -2.26. The molecule has 12 nitrogen and oxygen atoms in total. The van der Waals surface area contributed by atoms with E-state index < -0.39 is 35.9 Å². The van der Waals surface area contributed by atoms with Crippen molar-refractivity contribution < 1.29 is 43.3 Å². The van der Waals surface area contributed by atoms with Crippen molar-refractivity contribution in [2.24, 2.45) is 23.7 Å². The average Bonchev–Trinajstić information content (AvgIpc) is 4.06. The highest BCUT2D eigenvalue weighted by molar-refractivity contribution is 5.93. The Morgan fingerprint density at radius 1 is 0.581 bits per heavy atom. The molecule has 0 radical (unpaired) electrons. The van der Waals surface area contributed by atoms with Crippen molar-refractivity contribution in [3.63, 3.8) is 0 Å². The van der Waals surface area contributed by atoms with Crippen LogP contribution in [0.4, 0.5) is 5.69 Å². The molecule has 62 heavy (non-hydrogen) atoms. The Morgan fingerprint density at radius 2 is 0.968 bits per heavy atom. The minimum atomic E-state index is -0.541. The zero-order chi connectivity index (χ0) is 44.7. The summed E-state index contributed by atoms with van der Waals surface area (Å²) in [5, 5.41) is 10.2. The van der Waals surface area contributed by atoms with Crippen LogP contribution in [0.3, 0.4) is 0 Å². The number of methoxy groups -OCH3 is 2. The van der Waals surface area contributed by atoms with Gasteiger partial charge >= 0.3 is 11.9 Å². The van der Waals surface area contributed by atoms with Crippen molar-refractivity contribution in [2.45, 2.75) is 116 Å². The predicted molar refractivity (Wildman–Crippen MR) is 235 cm³/mol. The molecular formula is C50H63N3O9. The third-order valence-corrected chi connectivity index (χ3v) is 13.3. The summed E-state index contributed by atoms with van der Waals surface area (Å²) in [6.45, 7) is 8.63. The fourth-order valence-electron chi connectivity index (χ4n) is 9.70. The van der Waals surface area contributed by atoms with Crippen LogP contribution in [0.2, 0.25) is 0 Å². The van der Waals surface area contributed by atoms with Gasteiger partial charge in [0.25, 0.3) is 0 Å². The maximum Gasteiger partial charge on any atom is 0.306 e. The molecule has 3 heterocycles.